The molecule has 0 aromatic heterocycles. The van der Waals surface area contributed by atoms with E-state index in [9.17, 15) is 4.39 Å². The van der Waals surface area contributed by atoms with Crippen LogP contribution < -0.4 is 10.1 Å². The van der Waals surface area contributed by atoms with Gasteiger partial charge in [0.2, 0.25) is 0 Å². The van der Waals surface area contributed by atoms with Crippen molar-refractivity contribution in [2.75, 3.05) is 19.0 Å². The first-order chi connectivity index (χ1) is 9.72. The van der Waals surface area contributed by atoms with Gasteiger partial charge in [-0.2, -0.15) is 0 Å². The average molecular weight is 275 g/mol. The second-order valence-electron chi connectivity index (χ2n) is 4.49. The summed E-state index contributed by atoms with van der Waals surface area (Å²) in [6.07, 6.45) is 0.657. The summed E-state index contributed by atoms with van der Waals surface area (Å²) in [5, 5.41) is 12.1. The molecule has 0 aliphatic heterocycles. The lowest BCUT2D eigenvalue weighted by atomic mass is 10.1. The molecule has 0 amide bonds. The Kier molecular flexibility index (Phi) is 4.96. The molecule has 20 heavy (non-hydrogen) atoms. The van der Waals surface area contributed by atoms with E-state index in [1.165, 1.54) is 13.2 Å². The minimum atomic E-state index is -0.356. The normalized spacial score (nSPS) is 10.3. The molecule has 0 heterocycles. The van der Waals surface area contributed by atoms with Crippen LogP contribution in [-0.4, -0.2) is 18.8 Å². The SMILES string of the molecule is COc1ccc(CNc2ccc(CCO)cc2)cc1F. The van der Waals surface area contributed by atoms with Crippen LogP contribution in [0.1, 0.15) is 11.1 Å². The van der Waals surface area contributed by atoms with Crippen molar-refractivity contribution in [1.82, 2.24) is 0 Å². The second-order valence-corrected chi connectivity index (χ2v) is 4.49. The third-order valence-corrected chi connectivity index (χ3v) is 3.07. The summed E-state index contributed by atoms with van der Waals surface area (Å²) < 4.78 is 18.4. The van der Waals surface area contributed by atoms with Crippen molar-refractivity contribution in [1.29, 1.82) is 0 Å². The Morgan fingerprint density at radius 2 is 1.80 bits per heavy atom. The minimum Gasteiger partial charge on any atom is -0.494 e. The third-order valence-electron chi connectivity index (χ3n) is 3.07. The van der Waals surface area contributed by atoms with Gasteiger partial charge in [0.05, 0.1) is 7.11 Å². The van der Waals surface area contributed by atoms with E-state index < -0.39 is 0 Å². The van der Waals surface area contributed by atoms with Gasteiger partial charge < -0.3 is 15.2 Å². The molecule has 0 atom stereocenters. The summed E-state index contributed by atoms with van der Waals surface area (Å²) in [5.41, 5.74) is 2.90. The lowest BCUT2D eigenvalue weighted by molar-refractivity contribution is 0.299. The van der Waals surface area contributed by atoms with Gasteiger partial charge in [-0.1, -0.05) is 18.2 Å². The monoisotopic (exact) mass is 275 g/mol. The fourth-order valence-electron chi connectivity index (χ4n) is 1.94. The molecule has 0 aliphatic rings. The maximum Gasteiger partial charge on any atom is 0.165 e. The number of rotatable bonds is 6. The highest BCUT2D eigenvalue weighted by atomic mass is 19.1. The van der Waals surface area contributed by atoms with E-state index in [0.717, 1.165) is 16.8 Å². The van der Waals surface area contributed by atoms with Crippen LogP contribution in [0.25, 0.3) is 0 Å². The Morgan fingerprint density at radius 1 is 1.10 bits per heavy atom. The molecule has 0 fully saturated rings. The minimum absolute atomic E-state index is 0.151. The van der Waals surface area contributed by atoms with Crippen molar-refractivity contribution < 1.29 is 14.2 Å². The van der Waals surface area contributed by atoms with Gasteiger partial charge in [0.25, 0.3) is 0 Å². The lowest BCUT2D eigenvalue weighted by Crippen LogP contribution is -2.01. The van der Waals surface area contributed by atoms with E-state index in [1.807, 2.05) is 30.3 Å². The van der Waals surface area contributed by atoms with Gasteiger partial charge in [-0.05, 0) is 41.8 Å². The van der Waals surface area contributed by atoms with Crippen LogP contribution in [0.15, 0.2) is 42.5 Å². The number of hydrogen-bond donors (Lipinski definition) is 2. The van der Waals surface area contributed by atoms with Crippen LogP contribution in [0.4, 0.5) is 10.1 Å². The van der Waals surface area contributed by atoms with Gasteiger partial charge in [-0.25, -0.2) is 4.39 Å². The first kappa shape index (κ1) is 14.3. The van der Waals surface area contributed by atoms with Crippen LogP contribution >= 0.6 is 0 Å². The molecule has 0 spiro atoms. The standard InChI is InChI=1S/C16H18FNO2/c1-20-16-7-4-13(10-15(16)17)11-18-14-5-2-12(3-6-14)8-9-19/h2-7,10,18-19H,8-9,11H2,1H3. The largest absolute Gasteiger partial charge is 0.494 e. The average Bonchev–Trinajstić information content (AvgIpc) is 2.47. The highest BCUT2D eigenvalue weighted by Gasteiger charge is 2.03. The fourth-order valence-corrected chi connectivity index (χ4v) is 1.94. The topological polar surface area (TPSA) is 41.5 Å². The van der Waals surface area contributed by atoms with Gasteiger partial charge in [-0.15, -0.1) is 0 Å². The summed E-state index contributed by atoms with van der Waals surface area (Å²) in [7, 11) is 1.45. The molecule has 4 heteroatoms. The number of halogens is 1. The van der Waals surface area contributed by atoms with Crippen LogP contribution in [-0.2, 0) is 13.0 Å². The lowest BCUT2D eigenvalue weighted by Gasteiger charge is -2.09. The summed E-state index contributed by atoms with van der Waals surface area (Å²) >= 11 is 0. The Morgan fingerprint density at radius 3 is 2.40 bits per heavy atom. The number of benzene rings is 2. The summed E-state index contributed by atoms with van der Waals surface area (Å²) in [4.78, 5) is 0. The zero-order valence-electron chi connectivity index (χ0n) is 11.4. The van der Waals surface area contributed by atoms with Crippen LogP contribution in [0.2, 0.25) is 0 Å². The van der Waals surface area contributed by atoms with E-state index in [0.29, 0.717) is 13.0 Å². The van der Waals surface area contributed by atoms with Crippen molar-refractivity contribution in [2.24, 2.45) is 0 Å². The Bertz CT molecular complexity index is 555. The van der Waals surface area contributed by atoms with Crippen molar-refractivity contribution in [2.45, 2.75) is 13.0 Å². The maximum atomic E-state index is 13.5. The van der Waals surface area contributed by atoms with E-state index in [4.69, 9.17) is 9.84 Å². The molecular weight excluding hydrogens is 257 g/mol. The molecular formula is C16H18FNO2. The number of aliphatic hydroxyl groups excluding tert-OH is 1. The first-order valence-electron chi connectivity index (χ1n) is 6.49. The van der Waals surface area contributed by atoms with E-state index >= 15 is 0 Å². The quantitative estimate of drug-likeness (QED) is 0.851. The van der Waals surface area contributed by atoms with Crippen molar-refractivity contribution in [3.05, 3.63) is 59.4 Å². The number of anilines is 1. The van der Waals surface area contributed by atoms with Crippen LogP contribution in [0, 0.1) is 5.82 Å². The number of aliphatic hydroxyl groups is 1. The third kappa shape index (κ3) is 3.71. The van der Waals surface area contributed by atoms with E-state index in [1.54, 1.807) is 6.07 Å². The molecule has 2 aromatic rings. The molecule has 0 radical (unpaired) electrons. The number of nitrogens with one attached hydrogen (secondary N) is 1. The predicted octanol–water partition coefficient (Wildman–Crippen LogP) is 2.98. The van der Waals surface area contributed by atoms with Gasteiger partial charge in [-0.3, -0.25) is 0 Å². The highest BCUT2D eigenvalue weighted by Crippen LogP contribution is 2.18. The molecule has 106 valence electrons. The van der Waals surface area contributed by atoms with Crippen LogP contribution in [0.5, 0.6) is 5.75 Å². The maximum absolute atomic E-state index is 13.5. The number of methoxy groups -OCH3 is 1. The van der Waals surface area contributed by atoms with E-state index in [2.05, 4.69) is 5.32 Å². The van der Waals surface area contributed by atoms with Crippen LogP contribution in [0.3, 0.4) is 0 Å². The summed E-state index contributed by atoms with van der Waals surface area (Å²) in [5.74, 6) is -0.104. The smallest absolute Gasteiger partial charge is 0.165 e. The number of hydrogen-bond acceptors (Lipinski definition) is 3. The zero-order chi connectivity index (χ0) is 14.4. The van der Waals surface area contributed by atoms with Gasteiger partial charge in [0, 0.05) is 18.8 Å². The van der Waals surface area contributed by atoms with Crippen molar-refractivity contribution >= 4 is 5.69 Å². The second kappa shape index (κ2) is 6.91. The van der Waals surface area contributed by atoms with Gasteiger partial charge in [0.1, 0.15) is 0 Å². The van der Waals surface area contributed by atoms with Crippen molar-refractivity contribution in [3.8, 4) is 5.75 Å². The Balaban J connectivity index is 1.96. The molecule has 0 aliphatic carbocycles. The molecule has 3 nitrogen and oxygen atoms in total. The highest BCUT2D eigenvalue weighted by molar-refractivity contribution is 5.45. The van der Waals surface area contributed by atoms with Gasteiger partial charge in [0.15, 0.2) is 11.6 Å². The predicted molar refractivity (Wildman–Crippen MR) is 77.5 cm³/mol. The van der Waals surface area contributed by atoms with Gasteiger partial charge >= 0.3 is 0 Å². The molecule has 0 saturated heterocycles. The molecule has 0 saturated carbocycles. The fraction of sp³-hybridized carbons (Fsp3) is 0.250. The molecule has 0 unspecified atom stereocenters. The molecule has 0 bridgehead atoms. The summed E-state index contributed by atoms with van der Waals surface area (Å²) in [6.45, 7) is 0.693. The van der Waals surface area contributed by atoms with Crippen molar-refractivity contribution in [3.63, 3.8) is 0 Å². The first-order valence-corrected chi connectivity index (χ1v) is 6.49. The zero-order valence-corrected chi connectivity index (χ0v) is 11.4. The summed E-state index contributed by atoms with van der Waals surface area (Å²) in [6, 6.07) is 12.7. The Hall–Kier alpha value is -2.07. The molecule has 2 rings (SSSR count). The van der Waals surface area contributed by atoms with E-state index in [-0.39, 0.29) is 18.2 Å². The molecule has 2 aromatic carbocycles. The molecule has 2 N–H and O–H groups in total. The number of ether oxygens (including phenoxy) is 1. The Labute approximate surface area is 118 Å².